The lowest BCUT2D eigenvalue weighted by molar-refractivity contribution is -0.383. The van der Waals surface area contributed by atoms with E-state index in [4.69, 9.17) is 20.9 Å². The Labute approximate surface area is 191 Å². The molecule has 0 unspecified atom stereocenters. The minimum Gasteiger partial charge on any atom is -0.452 e. The number of carbonyl (C=O) groups excluding carboxylic acids is 2. The SMILES string of the molecule is Cc1noc2nc(-c3ccccc3)cc(C(=O)OCC(=O)Nc3ccc(Cl)cc3[N+](=O)[O-])c12. The number of nitrogens with zero attached hydrogens (tertiary/aromatic N) is 3. The largest absolute Gasteiger partial charge is 0.452 e. The third-order valence-electron chi connectivity index (χ3n) is 4.67. The Bertz CT molecular complexity index is 1390. The van der Waals surface area contributed by atoms with Gasteiger partial charge in [-0.05, 0) is 25.1 Å². The first-order valence-electron chi connectivity index (χ1n) is 9.57. The van der Waals surface area contributed by atoms with Crippen LogP contribution in [0.3, 0.4) is 0 Å². The van der Waals surface area contributed by atoms with Crippen LogP contribution in [0.4, 0.5) is 11.4 Å². The highest BCUT2D eigenvalue weighted by Crippen LogP contribution is 2.29. The Morgan fingerprint density at radius 3 is 2.67 bits per heavy atom. The van der Waals surface area contributed by atoms with Crippen LogP contribution in [0, 0.1) is 17.0 Å². The van der Waals surface area contributed by atoms with Gasteiger partial charge in [-0.2, -0.15) is 0 Å². The molecule has 4 aromatic rings. The molecule has 0 fully saturated rings. The van der Waals surface area contributed by atoms with Crippen LogP contribution in [0.2, 0.25) is 5.02 Å². The monoisotopic (exact) mass is 466 g/mol. The smallest absolute Gasteiger partial charge is 0.339 e. The molecule has 0 aliphatic rings. The van der Waals surface area contributed by atoms with Crippen molar-refractivity contribution in [1.82, 2.24) is 10.1 Å². The van der Waals surface area contributed by atoms with Crippen molar-refractivity contribution >= 4 is 46.0 Å². The van der Waals surface area contributed by atoms with Gasteiger partial charge in [-0.1, -0.05) is 47.1 Å². The predicted octanol–water partition coefficient (Wildman–Crippen LogP) is 4.56. The van der Waals surface area contributed by atoms with Gasteiger partial charge in [-0.15, -0.1) is 0 Å². The molecule has 33 heavy (non-hydrogen) atoms. The number of nitro groups is 1. The maximum absolute atomic E-state index is 12.8. The molecule has 0 bridgehead atoms. The van der Waals surface area contributed by atoms with Gasteiger partial charge in [0.1, 0.15) is 5.69 Å². The molecule has 1 amide bonds. The van der Waals surface area contributed by atoms with Crippen LogP contribution < -0.4 is 5.32 Å². The molecule has 11 heteroatoms. The number of halogens is 1. The van der Waals surface area contributed by atoms with Gasteiger partial charge < -0.3 is 14.6 Å². The minimum absolute atomic E-state index is 0.0713. The number of fused-ring (bicyclic) bond motifs is 1. The van der Waals surface area contributed by atoms with E-state index in [1.54, 1.807) is 6.92 Å². The van der Waals surface area contributed by atoms with Crippen molar-refractivity contribution in [1.29, 1.82) is 0 Å². The third-order valence-corrected chi connectivity index (χ3v) is 4.91. The molecule has 2 aromatic heterocycles. The first-order chi connectivity index (χ1) is 15.8. The fourth-order valence-corrected chi connectivity index (χ4v) is 3.34. The van der Waals surface area contributed by atoms with Crippen LogP contribution in [0.1, 0.15) is 16.1 Å². The number of anilines is 1. The summed E-state index contributed by atoms with van der Waals surface area (Å²) in [6.45, 7) is 0.978. The second-order valence-electron chi connectivity index (χ2n) is 6.91. The molecule has 2 aromatic carbocycles. The van der Waals surface area contributed by atoms with Gasteiger partial charge in [0.2, 0.25) is 0 Å². The number of carbonyl (C=O) groups is 2. The van der Waals surface area contributed by atoms with Crippen molar-refractivity contribution in [2.75, 3.05) is 11.9 Å². The maximum Gasteiger partial charge on any atom is 0.339 e. The molecule has 166 valence electrons. The van der Waals surface area contributed by atoms with E-state index in [0.29, 0.717) is 16.8 Å². The molecule has 0 spiro atoms. The summed E-state index contributed by atoms with van der Waals surface area (Å²) in [6, 6.07) is 14.5. The van der Waals surface area contributed by atoms with Crippen molar-refractivity contribution in [3.63, 3.8) is 0 Å². The molecular formula is C22H15ClN4O6. The quantitative estimate of drug-likeness (QED) is 0.248. The second kappa shape index (κ2) is 9.05. The van der Waals surface area contributed by atoms with Crippen LogP contribution in [-0.4, -0.2) is 33.5 Å². The Morgan fingerprint density at radius 1 is 1.18 bits per heavy atom. The highest BCUT2D eigenvalue weighted by Gasteiger charge is 2.22. The molecule has 0 aliphatic carbocycles. The zero-order chi connectivity index (χ0) is 23.5. The number of amides is 1. The van der Waals surface area contributed by atoms with E-state index >= 15 is 0 Å². The Balaban J connectivity index is 1.55. The topological polar surface area (TPSA) is 137 Å². The Hall–Kier alpha value is -4.31. The van der Waals surface area contributed by atoms with Crippen LogP contribution in [0.25, 0.3) is 22.4 Å². The number of esters is 1. The predicted molar refractivity (Wildman–Crippen MR) is 119 cm³/mol. The molecule has 10 nitrogen and oxygen atoms in total. The van der Waals surface area contributed by atoms with Crippen molar-refractivity contribution in [2.45, 2.75) is 6.92 Å². The first kappa shape index (κ1) is 21.9. The lowest BCUT2D eigenvalue weighted by atomic mass is 10.1. The van der Waals surface area contributed by atoms with E-state index in [-0.39, 0.29) is 27.7 Å². The van der Waals surface area contributed by atoms with Gasteiger partial charge in [0.15, 0.2) is 6.61 Å². The fraction of sp³-hybridized carbons (Fsp3) is 0.0909. The van der Waals surface area contributed by atoms with E-state index < -0.39 is 23.4 Å². The molecule has 2 heterocycles. The zero-order valence-electron chi connectivity index (χ0n) is 17.1. The summed E-state index contributed by atoms with van der Waals surface area (Å²) in [5.74, 6) is -1.56. The van der Waals surface area contributed by atoms with Crippen molar-refractivity contribution in [3.8, 4) is 11.3 Å². The van der Waals surface area contributed by atoms with Gasteiger partial charge in [-0.3, -0.25) is 14.9 Å². The normalized spacial score (nSPS) is 10.7. The minimum atomic E-state index is -0.799. The number of aryl methyl sites for hydroxylation is 1. The molecule has 4 rings (SSSR count). The molecule has 0 radical (unpaired) electrons. The summed E-state index contributed by atoms with van der Waals surface area (Å²) in [4.78, 5) is 40.0. The van der Waals surface area contributed by atoms with E-state index in [1.165, 1.54) is 18.2 Å². The van der Waals surface area contributed by atoms with Crippen LogP contribution in [0.5, 0.6) is 0 Å². The number of hydrogen-bond acceptors (Lipinski definition) is 8. The van der Waals surface area contributed by atoms with Gasteiger partial charge in [-0.25, -0.2) is 9.78 Å². The van der Waals surface area contributed by atoms with Crippen molar-refractivity contribution < 1.29 is 23.8 Å². The summed E-state index contributed by atoms with van der Waals surface area (Å²) in [6.07, 6.45) is 0. The number of pyridine rings is 1. The molecule has 0 saturated carbocycles. The standard InChI is InChI=1S/C22H15ClN4O6/c1-12-20-15(10-17(25-21(20)33-26-12)13-5-3-2-4-6-13)22(29)32-11-19(28)24-16-8-7-14(23)9-18(16)27(30)31/h2-10H,11H2,1H3,(H,24,28). The van der Waals surface area contributed by atoms with E-state index in [2.05, 4.69) is 15.5 Å². The molecule has 0 saturated heterocycles. The average Bonchev–Trinajstić information content (AvgIpc) is 3.19. The number of hydrogen-bond donors (Lipinski definition) is 1. The van der Waals surface area contributed by atoms with Crippen molar-refractivity contribution in [2.24, 2.45) is 0 Å². The van der Waals surface area contributed by atoms with E-state index in [0.717, 1.165) is 11.6 Å². The molecule has 0 aliphatic heterocycles. The summed E-state index contributed by atoms with van der Waals surface area (Å²) in [5, 5.41) is 17.9. The lowest BCUT2D eigenvalue weighted by Crippen LogP contribution is -2.21. The third kappa shape index (κ3) is 4.65. The Morgan fingerprint density at radius 2 is 1.94 bits per heavy atom. The Kier molecular flexibility index (Phi) is 6.01. The van der Waals surface area contributed by atoms with E-state index in [9.17, 15) is 19.7 Å². The number of nitro benzene ring substituents is 1. The van der Waals surface area contributed by atoms with E-state index in [1.807, 2.05) is 30.3 Å². The second-order valence-corrected chi connectivity index (χ2v) is 7.35. The lowest BCUT2D eigenvalue weighted by Gasteiger charge is -2.09. The average molecular weight is 467 g/mol. The first-order valence-corrected chi connectivity index (χ1v) is 9.94. The number of benzene rings is 2. The highest BCUT2D eigenvalue weighted by molar-refractivity contribution is 6.31. The molecule has 1 N–H and O–H groups in total. The zero-order valence-corrected chi connectivity index (χ0v) is 17.8. The molecular weight excluding hydrogens is 452 g/mol. The molecule has 0 atom stereocenters. The van der Waals surface area contributed by atoms with Crippen LogP contribution in [0.15, 0.2) is 59.1 Å². The van der Waals surface area contributed by atoms with Gasteiger partial charge in [0.25, 0.3) is 17.3 Å². The van der Waals surface area contributed by atoms with Gasteiger partial charge in [0, 0.05) is 16.7 Å². The number of aromatic nitrogens is 2. The summed E-state index contributed by atoms with van der Waals surface area (Å²) < 4.78 is 10.4. The van der Waals surface area contributed by atoms with Gasteiger partial charge in [0.05, 0.1) is 27.3 Å². The number of ether oxygens (including phenoxy) is 1. The highest BCUT2D eigenvalue weighted by atomic mass is 35.5. The fourth-order valence-electron chi connectivity index (χ4n) is 3.17. The summed E-state index contributed by atoms with van der Waals surface area (Å²) in [7, 11) is 0. The maximum atomic E-state index is 12.8. The number of nitrogens with one attached hydrogen (secondary N) is 1. The number of rotatable bonds is 6. The van der Waals surface area contributed by atoms with Crippen LogP contribution in [-0.2, 0) is 9.53 Å². The van der Waals surface area contributed by atoms with Crippen molar-refractivity contribution in [3.05, 3.63) is 81.0 Å². The summed E-state index contributed by atoms with van der Waals surface area (Å²) in [5.41, 5.74) is 1.47. The van der Waals surface area contributed by atoms with Gasteiger partial charge >= 0.3 is 5.97 Å². The van der Waals surface area contributed by atoms with Crippen LogP contribution >= 0.6 is 11.6 Å². The summed E-state index contributed by atoms with van der Waals surface area (Å²) >= 11 is 5.77.